The number of carbonyl (C=O) groups excluding carboxylic acids is 2. The van der Waals surface area contributed by atoms with Gasteiger partial charge in [-0.1, -0.05) is 23.7 Å². The highest BCUT2D eigenvalue weighted by Gasteiger charge is 2.16. The molecule has 1 N–H and O–H groups in total. The van der Waals surface area contributed by atoms with E-state index in [4.69, 9.17) is 11.6 Å². The van der Waals surface area contributed by atoms with Gasteiger partial charge in [0, 0.05) is 18.8 Å². The Bertz CT molecular complexity index is 985. The highest BCUT2D eigenvalue weighted by atomic mass is 35.5. The summed E-state index contributed by atoms with van der Waals surface area (Å²) in [6.07, 6.45) is 1.70. The Morgan fingerprint density at radius 2 is 1.83 bits per heavy atom. The molecular formula is C20H21ClN6O2. The Morgan fingerprint density at radius 1 is 1.10 bits per heavy atom. The number of amides is 2. The number of aromatic nitrogens is 4. The van der Waals surface area contributed by atoms with Crippen molar-refractivity contribution < 1.29 is 9.59 Å². The number of hydrogen-bond acceptors (Lipinski definition) is 5. The first kappa shape index (κ1) is 20.5. The summed E-state index contributed by atoms with van der Waals surface area (Å²) in [4.78, 5) is 26.5. The lowest BCUT2D eigenvalue weighted by Crippen LogP contribution is -2.30. The van der Waals surface area contributed by atoms with Gasteiger partial charge in [0.2, 0.25) is 5.91 Å². The van der Waals surface area contributed by atoms with Crippen LogP contribution in [-0.4, -0.2) is 50.0 Å². The molecule has 0 radical (unpaired) electrons. The van der Waals surface area contributed by atoms with E-state index in [1.54, 1.807) is 23.1 Å². The van der Waals surface area contributed by atoms with Crippen LogP contribution < -0.4 is 5.32 Å². The van der Waals surface area contributed by atoms with Crippen LogP contribution in [0.1, 0.15) is 29.8 Å². The van der Waals surface area contributed by atoms with E-state index in [-0.39, 0.29) is 18.2 Å². The zero-order valence-corrected chi connectivity index (χ0v) is 16.9. The van der Waals surface area contributed by atoms with Crippen molar-refractivity contribution in [3.05, 3.63) is 64.9 Å². The molecule has 0 aliphatic carbocycles. The van der Waals surface area contributed by atoms with Crippen LogP contribution in [0, 0.1) is 0 Å². The number of benzene rings is 2. The Kier molecular flexibility index (Phi) is 6.56. The van der Waals surface area contributed by atoms with Gasteiger partial charge < -0.3 is 10.2 Å². The minimum atomic E-state index is -0.181. The highest BCUT2D eigenvalue weighted by molar-refractivity contribution is 6.34. The number of rotatable bonds is 7. The molecule has 29 heavy (non-hydrogen) atoms. The van der Waals surface area contributed by atoms with Crippen LogP contribution in [0.15, 0.2) is 48.8 Å². The minimum Gasteiger partial charge on any atom is -0.339 e. The maximum absolute atomic E-state index is 12.5. The molecule has 3 rings (SSSR count). The summed E-state index contributed by atoms with van der Waals surface area (Å²) >= 11 is 6.27. The molecule has 0 spiro atoms. The highest BCUT2D eigenvalue weighted by Crippen LogP contribution is 2.23. The summed E-state index contributed by atoms with van der Waals surface area (Å²) in [7, 11) is 0. The van der Waals surface area contributed by atoms with Gasteiger partial charge in [-0.25, -0.2) is 4.68 Å². The van der Waals surface area contributed by atoms with Crippen molar-refractivity contribution in [2.45, 2.75) is 20.3 Å². The third kappa shape index (κ3) is 4.97. The average molecular weight is 413 g/mol. The fraction of sp³-hybridized carbons (Fsp3) is 0.250. The zero-order chi connectivity index (χ0) is 20.8. The first-order chi connectivity index (χ1) is 14.0. The Balaban J connectivity index is 1.63. The van der Waals surface area contributed by atoms with E-state index < -0.39 is 0 Å². The lowest BCUT2D eigenvalue weighted by atomic mass is 10.1. The molecule has 3 aromatic rings. The molecule has 0 bridgehead atoms. The van der Waals surface area contributed by atoms with Gasteiger partial charge in [-0.2, -0.15) is 0 Å². The first-order valence-electron chi connectivity index (χ1n) is 9.22. The van der Waals surface area contributed by atoms with Gasteiger partial charge in [0.25, 0.3) is 5.91 Å². The maximum atomic E-state index is 12.5. The summed E-state index contributed by atoms with van der Waals surface area (Å²) in [6.45, 7) is 5.05. The van der Waals surface area contributed by atoms with Crippen LogP contribution >= 0.6 is 11.6 Å². The molecule has 0 saturated carbocycles. The lowest BCUT2D eigenvalue weighted by Gasteiger charge is -2.19. The lowest BCUT2D eigenvalue weighted by molar-refractivity contribution is -0.115. The van der Waals surface area contributed by atoms with Crippen molar-refractivity contribution in [1.82, 2.24) is 25.1 Å². The molecule has 1 heterocycles. The van der Waals surface area contributed by atoms with Crippen molar-refractivity contribution in [1.29, 1.82) is 0 Å². The normalized spacial score (nSPS) is 10.6. The van der Waals surface area contributed by atoms with E-state index in [9.17, 15) is 9.59 Å². The van der Waals surface area contributed by atoms with Crippen molar-refractivity contribution in [2.75, 3.05) is 18.4 Å². The SMILES string of the molecule is CCN(CC)C(=O)c1ccc(NC(=O)Cc2ccc(-n3cnnn3)cc2)cc1Cl. The zero-order valence-electron chi connectivity index (χ0n) is 16.2. The molecule has 0 aliphatic rings. The smallest absolute Gasteiger partial charge is 0.255 e. The van der Waals surface area contributed by atoms with Crippen molar-refractivity contribution in [3.8, 4) is 5.69 Å². The molecule has 0 unspecified atom stereocenters. The Morgan fingerprint density at radius 3 is 2.41 bits per heavy atom. The van der Waals surface area contributed by atoms with Crippen molar-refractivity contribution in [2.24, 2.45) is 0 Å². The second kappa shape index (κ2) is 9.29. The van der Waals surface area contributed by atoms with E-state index in [1.165, 1.54) is 11.0 Å². The Hall–Kier alpha value is -3.26. The maximum Gasteiger partial charge on any atom is 0.255 e. The number of nitrogens with zero attached hydrogens (tertiary/aromatic N) is 5. The topological polar surface area (TPSA) is 93.0 Å². The van der Waals surface area contributed by atoms with Crippen molar-refractivity contribution in [3.63, 3.8) is 0 Å². The minimum absolute atomic E-state index is 0.124. The molecule has 0 aliphatic heterocycles. The van der Waals surface area contributed by atoms with Gasteiger partial charge in [-0.05, 0) is 60.2 Å². The average Bonchev–Trinajstić information content (AvgIpc) is 3.24. The fourth-order valence-electron chi connectivity index (χ4n) is 2.88. The van der Waals surface area contributed by atoms with Gasteiger partial charge in [-0.3, -0.25) is 9.59 Å². The number of anilines is 1. The van der Waals surface area contributed by atoms with Gasteiger partial charge >= 0.3 is 0 Å². The monoisotopic (exact) mass is 412 g/mol. The van der Waals surface area contributed by atoms with Gasteiger partial charge in [0.1, 0.15) is 6.33 Å². The van der Waals surface area contributed by atoms with Gasteiger partial charge in [0.05, 0.1) is 22.7 Å². The second-order valence-corrected chi connectivity index (χ2v) is 6.73. The van der Waals surface area contributed by atoms with Crippen LogP contribution in [0.5, 0.6) is 0 Å². The molecule has 0 fully saturated rings. The predicted molar refractivity (Wildman–Crippen MR) is 110 cm³/mol. The summed E-state index contributed by atoms with van der Waals surface area (Å²) in [5.74, 6) is -0.306. The van der Waals surface area contributed by atoms with E-state index in [0.29, 0.717) is 29.4 Å². The summed E-state index contributed by atoms with van der Waals surface area (Å²) in [5, 5.41) is 14.1. The molecule has 1 aromatic heterocycles. The third-order valence-electron chi connectivity index (χ3n) is 4.45. The largest absolute Gasteiger partial charge is 0.339 e. The molecule has 8 nitrogen and oxygen atoms in total. The number of carbonyl (C=O) groups is 2. The van der Waals surface area contributed by atoms with Crippen LogP contribution in [0.2, 0.25) is 5.02 Å². The van der Waals surface area contributed by atoms with E-state index in [0.717, 1.165) is 11.3 Å². The number of tetrazole rings is 1. The van der Waals surface area contributed by atoms with Gasteiger partial charge in [0.15, 0.2) is 0 Å². The molecule has 2 amide bonds. The number of halogens is 1. The molecule has 2 aromatic carbocycles. The summed E-state index contributed by atoms with van der Waals surface area (Å²) < 4.78 is 1.53. The fourth-order valence-corrected chi connectivity index (χ4v) is 3.15. The van der Waals surface area contributed by atoms with Gasteiger partial charge in [-0.15, -0.1) is 5.10 Å². The van der Waals surface area contributed by atoms with E-state index in [2.05, 4.69) is 20.8 Å². The van der Waals surface area contributed by atoms with Crippen LogP contribution in [0.25, 0.3) is 5.69 Å². The van der Waals surface area contributed by atoms with Crippen LogP contribution in [0.4, 0.5) is 5.69 Å². The number of hydrogen-bond donors (Lipinski definition) is 1. The molecular weight excluding hydrogens is 392 g/mol. The molecule has 0 saturated heterocycles. The molecule has 9 heteroatoms. The molecule has 0 atom stereocenters. The van der Waals surface area contributed by atoms with Crippen molar-refractivity contribution >= 4 is 29.1 Å². The van der Waals surface area contributed by atoms with Crippen LogP contribution in [0.3, 0.4) is 0 Å². The predicted octanol–water partition coefficient (Wildman–Crippen LogP) is 2.98. The summed E-state index contributed by atoms with van der Waals surface area (Å²) in [5.41, 5.74) is 2.62. The Labute approximate surface area is 173 Å². The third-order valence-corrected chi connectivity index (χ3v) is 4.76. The quantitative estimate of drug-likeness (QED) is 0.644. The number of nitrogens with one attached hydrogen (secondary N) is 1. The summed E-state index contributed by atoms with van der Waals surface area (Å²) in [6, 6.07) is 12.3. The second-order valence-electron chi connectivity index (χ2n) is 6.32. The van der Waals surface area contributed by atoms with E-state index >= 15 is 0 Å². The van der Waals surface area contributed by atoms with Crippen LogP contribution in [-0.2, 0) is 11.2 Å². The standard InChI is InChI=1S/C20H21ClN6O2/c1-3-26(4-2)20(29)17-10-7-15(12-18(17)21)23-19(28)11-14-5-8-16(9-6-14)27-13-22-24-25-27/h5-10,12-13H,3-4,11H2,1-2H3,(H,23,28). The van der Waals surface area contributed by atoms with E-state index in [1.807, 2.05) is 38.1 Å². The first-order valence-corrected chi connectivity index (χ1v) is 9.60. The molecule has 150 valence electrons.